The molecule has 0 aromatic rings. The van der Waals surface area contributed by atoms with Gasteiger partial charge in [0.25, 0.3) is 0 Å². The molecule has 1 N–H and O–H groups in total. The van der Waals surface area contributed by atoms with Crippen molar-refractivity contribution in [3.05, 3.63) is 0 Å². The molecule has 0 amide bonds. The van der Waals surface area contributed by atoms with E-state index in [1.54, 1.807) is 0 Å². The molecule has 1 aliphatic rings. The van der Waals surface area contributed by atoms with E-state index in [2.05, 4.69) is 58.3 Å². The lowest BCUT2D eigenvalue weighted by atomic mass is 9.78. The molecule has 1 heterocycles. The van der Waals surface area contributed by atoms with Gasteiger partial charge in [0.15, 0.2) is 0 Å². The van der Waals surface area contributed by atoms with Crippen LogP contribution in [0.1, 0.15) is 87.0 Å². The minimum absolute atomic E-state index is 0.00227. The largest absolute Gasteiger partial charge is 0.464 e. The number of aliphatic hydroxyl groups is 1. The van der Waals surface area contributed by atoms with Crippen molar-refractivity contribution in [3.8, 4) is 11.8 Å². The lowest BCUT2D eigenvalue weighted by Gasteiger charge is -2.54. The van der Waals surface area contributed by atoms with Gasteiger partial charge in [0, 0.05) is 29.5 Å². The minimum Gasteiger partial charge on any atom is -0.464 e. The molecule has 150 valence electrons. The van der Waals surface area contributed by atoms with Crippen LogP contribution in [0.3, 0.4) is 0 Å². The van der Waals surface area contributed by atoms with Crippen molar-refractivity contribution >= 4 is 5.97 Å². The van der Waals surface area contributed by atoms with Gasteiger partial charge < -0.3 is 9.84 Å². The predicted octanol–water partition coefficient (Wildman–Crippen LogP) is 4.15. The summed E-state index contributed by atoms with van der Waals surface area (Å²) in [6.45, 7) is 15.9. The number of hydrogen-bond donors (Lipinski definition) is 1. The summed E-state index contributed by atoms with van der Waals surface area (Å²) in [5.41, 5.74) is -0.206. The average Bonchev–Trinajstić information content (AvgIpc) is 2.49. The summed E-state index contributed by atoms with van der Waals surface area (Å²) in [4.78, 5) is 14.4. The number of rotatable bonds is 8. The quantitative estimate of drug-likeness (QED) is 0.518. The van der Waals surface area contributed by atoms with Crippen molar-refractivity contribution in [3.63, 3.8) is 0 Å². The second kappa shape index (κ2) is 9.24. The maximum atomic E-state index is 12.1. The molecule has 1 saturated heterocycles. The van der Waals surface area contributed by atoms with E-state index in [1.165, 1.54) is 0 Å². The van der Waals surface area contributed by atoms with Crippen LogP contribution in [0.25, 0.3) is 0 Å². The van der Waals surface area contributed by atoms with Crippen LogP contribution in [0.5, 0.6) is 0 Å². The molecular weight excluding hydrogens is 326 g/mol. The normalized spacial score (nSPS) is 22.2. The second-order valence-electron chi connectivity index (χ2n) is 9.20. The molecule has 0 aromatic carbocycles. The van der Waals surface area contributed by atoms with Crippen molar-refractivity contribution in [1.29, 1.82) is 0 Å². The standard InChI is InChI=1S/C22H39NO3/c1-8-12-22(7,9-2)13-10-11-19(25)26-15-14-23-20(3,4)16-18(24)17-21(23,5)6/h18,24H,9-11,13-17H2,1-7H3. The van der Waals surface area contributed by atoms with Crippen molar-refractivity contribution in [1.82, 2.24) is 4.90 Å². The van der Waals surface area contributed by atoms with E-state index in [0.29, 0.717) is 19.6 Å². The van der Waals surface area contributed by atoms with Gasteiger partial charge in [-0.1, -0.05) is 12.8 Å². The molecule has 0 radical (unpaired) electrons. The van der Waals surface area contributed by atoms with Crippen LogP contribution < -0.4 is 0 Å². The highest BCUT2D eigenvalue weighted by molar-refractivity contribution is 5.69. The lowest BCUT2D eigenvalue weighted by molar-refractivity contribution is -0.147. The van der Waals surface area contributed by atoms with Gasteiger partial charge in [-0.3, -0.25) is 9.69 Å². The Balaban J connectivity index is 2.42. The second-order valence-corrected chi connectivity index (χ2v) is 9.20. The summed E-state index contributed by atoms with van der Waals surface area (Å²) in [5.74, 6) is 6.13. The summed E-state index contributed by atoms with van der Waals surface area (Å²) < 4.78 is 5.49. The summed E-state index contributed by atoms with van der Waals surface area (Å²) >= 11 is 0. The number of carbonyl (C=O) groups excluding carboxylic acids is 1. The maximum absolute atomic E-state index is 12.1. The van der Waals surface area contributed by atoms with Gasteiger partial charge in [-0.25, -0.2) is 0 Å². The molecule has 0 spiro atoms. The fourth-order valence-electron chi connectivity index (χ4n) is 4.45. The van der Waals surface area contributed by atoms with Gasteiger partial charge in [0.1, 0.15) is 6.61 Å². The Morgan fingerprint density at radius 2 is 1.85 bits per heavy atom. The van der Waals surface area contributed by atoms with Gasteiger partial charge in [0.2, 0.25) is 0 Å². The Morgan fingerprint density at radius 1 is 1.27 bits per heavy atom. The van der Waals surface area contributed by atoms with Gasteiger partial charge in [-0.15, -0.1) is 5.92 Å². The fourth-order valence-corrected chi connectivity index (χ4v) is 4.45. The SMILES string of the molecule is CC#CC(C)(CC)CCCC(=O)OCCN1C(C)(C)CC(O)CC1(C)C. The first-order valence-electron chi connectivity index (χ1n) is 10.0. The number of nitrogens with zero attached hydrogens (tertiary/aromatic N) is 1. The number of esters is 1. The molecule has 1 atom stereocenters. The van der Waals surface area contributed by atoms with E-state index >= 15 is 0 Å². The molecule has 4 nitrogen and oxygen atoms in total. The average molecular weight is 366 g/mol. The van der Waals surface area contributed by atoms with Crippen LogP contribution in [-0.2, 0) is 9.53 Å². The summed E-state index contributed by atoms with van der Waals surface area (Å²) in [5, 5.41) is 10.1. The third-order valence-electron chi connectivity index (χ3n) is 5.83. The first-order valence-corrected chi connectivity index (χ1v) is 10.0. The van der Waals surface area contributed by atoms with Crippen molar-refractivity contribution in [2.75, 3.05) is 13.2 Å². The van der Waals surface area contributed by atoms with Gasteiger partial charge in [-0.05, 0) is 73.6 Å². The molecule has 1 unspecified atom stereocenters. The van der Waals surface area contributed by atoms with Gasteiger partial charge in [-0.2, -0.15) is 0 Å². The Bertz CT molecular complexity index is 511. The number of ether oxygens (including phenoxy) is 1. The Morgan fingerprint density at radius 3 is 2.35 bits per heavy atom. The van der Waals surface area contributed by atoms with Crippen molar-refractivity contribution in [2.24, 2.45) is 5.41 Å². The number of hydrogen-bond acceptors (Lipinski definition) is 4. The number of piperidine rings is 1. The molecule has 1 aliphatic heterocycles. The third-order valence-corrected chi connectivity index (χ3v) is 5.83. The zero-order valence-corrected chi connectivity index (χ0v) is 17.9. The topological polar surface area (TPSA) is 49.8 Å². The van der Waals surface area contributed by atoms with Crippen molar-refractivity contribution < 1.29 is 14.6 Å². The molecule has 0 aliphatic carbocycles. The fraction of sp³-hybridized carbons (Fsp3) is 0.864. The summed E-state index contributed by atoms with van der Waals surface area (Å²) in [6, 6.07) is 0. The van der Waals surface area contributed by atoms with Crippen LogP contribution in [0.4, 0.5) is 0 Å². The Labute approximate surface area is 160 Å². The molecule has 1 fully saturated rings. The molecule has 0 aromatic heterocycles. The number of likely N-dealkylation sites (tertiary alicyclic amines) is 1. The van der Waals surface area contributed by atoms with Crippen LogP contribution in [0.2, 0.25) is 0 Å². The van der Waals surface area contributed by atoms with E-state index in [0.717, 1.165) is 32.1 Å². The van der Waals surface area contributed by atoms with Crippen molar-refractivity contribution in [2.45, 2.75) is 104 Å². The van der Waals surface area contributed by atoms with E-state index < -0.39 is 0 Å². The highest BCUT2D eigenvalue weighted by atomic mass is 16.5. The van der Waals surface area contributed by atoms with E-state index in [-0.39, 0.29) is 28.6 Å². The molecule has 1 rings (SSSR count). The Hall–Kier alpha value is -1.05. The highest BCUT2D eigenvalue weighted by Crippen LogP contribution is 2.38. The van der Waals surface area contributed by atoms with Crippen LogP contribution >= 0.6 is 0 Å². The minimum atomic E-state index is -0.266. The monoisotopic (exact) mass is 365 g/mol. The third kappa shape index (κ3) is 6.59. The smallest absolute Gasteiger partial charge is 0.305 e. The van der Waals surface area contributed by atoms with Crippen LogP contribution in [0.15, 0.2) is 0 Å². The number of aliphatic hydroxyl groups excluding tert-OH is 1. The summed E-state index contributed by atoms with van der Waals surface area (Å²) in [6.07, 6.45) is 4.41. The molecule has 26 heavy (non-hydrogen) atoms. The first kappa shape index (κ1) is 23.0. The molecular formula is C22H39NO3. The molecule has 0 bridgehead atoms. The highest BCUT2D eigenvalue weighted by Gasteiger charge is 2.44. The zero-order valence-electron chi connectivity index (χ0n) is 17.9. The van der Waals surface area contributed by atoms with Gasteiger partial charge in [0.05, 0.1) is 6.10 Å². The lowest BCUT2D eigenvalue weighted by Crippen LogP contribution is -2.62. The van der Waals surface area contributed by atoms with Crippen LogP contribution in [-0.4, -0.2) is 46.3 Å². The van der Waals surface area contributed by atoms with Crippen LogP contribution in [0, 0.1) is 17.3 Å². The maximum Gasteiger partial charge on any atom is 0.305 e. The zero-order chi connectivity index (χ0) is 20.0. The van der Waals surface area contributed by atoms with E-state index in [4.69, 9.17) is 4.74 Å². The summed E-state index contributed by atoms with van der Waals surface area (Å²) in [7, 11) is 0. The van der Waals surface area contributed by atoms with E-state index in [1.807, 2.05) is 6.92 Å². The molecule has 0 saturated carbocycles. The van der Waals surface area contributed by atoms with E-state index in [9.17, 15) is 9.90 Å². The number of carbonyl (C=O) groups is 1. The predicted molar refractivity (Wildman–Crippen MR) is 107 cm³/mol. The van der Waals surface area contributed by atoms with Gasteiger partial charge >= 0.3 is 5.97 Å². The Kier molecular flexibility index (Phi) is 8.17. The first-order chi connectivity index (χ1) is 12.0. The molecule has 4 heteroatoms.